The molecule has 5 nitrogen and oxygen atoms in total. The Balaban J connectivity index is 1.95. The maximum atomic E-state index is 14.3. The molecule has 1 aliphatic carbocycles. The molecule has 0 unspecified atom stereocenters. The van der Waals surface area contributed by atoms with E-state index in [9.17, 15) is 14.3 Å². The van der Waals surface area contributed by atoms with Crippen LogP contribution in [0.3, 0.4) is 0 Å². The smallest absolute Gasteiger partial charge is 0.354 e. The molecule has 0 atom stereocenters. The van der Waals surface area contributed by atoms with Gasteiger partial charge in [0.2, 0.25) is 0 Å². The molecular weight excluding hydrogens is 365 g/mol. The Morgan fingerprint density at radius 1 is 1.35 bits per heavy atom. The number of hydrogen-bond acceptors (Lipinski definition) is 3. The summed E-state index contributed by atoms with van der Waals surface area (Å²) in [6, 6.07) is 8.15. The fourth-order valence-corrected chi connectivity index (χ4v) is 2.98. The van der Waals surface area contributed by atoms with Crippen LogP contribution < -0.4 is 0 Å². The number of carboxylic acids is 1. The van der Waals surface area contributed by atoms with E-state index in [1.54, 1.807) is 34.8 Å². The zero-order chi connectivity index (χ0) is 16.1. The number of fused-ring (bicyclic) bond motifs is 1. The minimum absolute atomic E-state index is 0.0134. The first-order valence-corrected chi connectivity index (χ1v) is 7.92. The molecule has 1 aromatic carbocycles. The fourth-order valence-electron chi connectivity index (χ4n) is 2.61. The number of aromatic carboxylic acids is 1. The molecule has 3 aromatic rings. The van der Waals surface area contributed by atoms with Gasteiger partial charge in [-0.3, -0.25) is 0 Å². The highest BCUT2D eigenvalue weighted by atomic mass is 79.9. The summed E-state index contributed by atoms with van der Waals surface area (Å²) in [5, 5.41) is 13.7. The van der Waals surface area contributed by atoms with Gasteiger partial charge in [-0.25, -0.2) is 18.7 Å². The minimum Gasteiger partial charge on any atom is -0.477 e. The van der Waals surface area contributed by atoms with Crippen molar-refractivity contribution >= 4 is 27.5 Å². The summed E-state index contributed by atoms with van der Waals surface area (Å²) in [7, 11) is 0. The molecule has 1 fully saturated rings. The first-order valence-electron chi connectivity index (χ1n) is 7.13. The summed E-state index contributed by atoms with van der Waals surface area (Å²) in [5.41, 5.74) is 2.00. The van der Waals surface area contributed by atoms with Gasteiger partial charge in [0.25, 0.3) is 0 Å². The summed E-state index contributed by atoms with van der Waals surface area (Å²) >= 11 is 3.16. The number of carboxylic acid groups (broad SMARTS) is 1. The molecule has 23 heavy (non-hydrogen) atoms. The monoisotopic (exact) mass is 375 g/mol. The average Bonchev–Trinajstić information content (AvgIpc) is 3.27. The maximum absolute atomic E-state index is 14.3. The van der Waals surface area contributed by atoms with Crippen molar-refractivity contribution in [2.75, 3.05) is 0 Å². The predicted octanol–water partition coefficient (Wildman–Crippen LogP) is 3.87. The van der Waals surface area contributed by atoms with E-state index in [1.165, 1.54) is 0 Å². The van der Waals surface area contributed by atoms with Gasteiger partial charge in [-0.1, -0.05) is 6.07 Å². The van der Waals surface area contributed by atoms with Crippen LogP contribution in [0.4, 0.5) is 4.39 Å². The number of nitrogens with zero attached hydrogens (tertiary/aromatic N) is 3. The number of hydrogen-bond donors (Lipinski definition) is 1. The van der Waals surface area contributed by atoms with Crippen LogP contribution in [-0.2, 0) is 0 Å². The van der Waals surface area contributed by atoms with Crippen LogP contribution in [0, 0.1) is 5.82 Å². The maximum Gasteiger partial charge on any atom is 0.354 e. The highest BCUT2D eigenvalue weighted by Gasteiger charge is 2.29. The first-order chi connectivity index (χ1) is 11.0. The zero-order valence-electron chi connectivity index (χ0n) is 11.8. The molecule has 7 heteroatoms. The van der Waals surface area contributed by atoms with Gasteiger partial charge < -0.3 is 5.11 Å². The SMILES string of the molecule is O=C(O)c1cc(C2CC2)n2nc(-c3cccc(Br)c3F)cc2n1. The van der Waals surface area contributed by atoms with E-state index in [0.29, 0.717) is 27.3 Å². The molecule has 0 spiro atoms. The lowest BCUT2D eigenvalue weighted by Crippen LogP contribution is -2.06. The third-order valence-corrected chi connectivity index (χ3v) is 4.51. The quantitative estimate of drug-likeness (QED) is 0.754. The van der Waals surface area contributed by atoms with Gasteiger partial charge in [-0.05, 0) is 47.0 Å². The molecular formula is C16H11BrFN3O2. The molecule has 0 bridgehead atoms. The van der Waals surface area contributed by atoms with Crippen LogP contribution in [0.5, 0.6) is 0 Å². The van der Waals surface area contributed by atoms with Crippen molar-refractivity contribution in [1.29, 1.82) is 0 Å². The Hall–Kier alpha value is -2.28. The van der Waals surface area contributed by atoms with Gasteiger partial charge in [-0.15, -0.1) is 0 Å². The number of carbonyl (C=O) groups is 1. The lowest BCUT2D eigenvalue weighted by Gasteiger charge is -2.04. The normalized spacial score (nSPS) is 14.3. The highest BCUT2D eigenvalue weighted by molar-refractivity contribution is 9.10. The second-order valence-corrected chi connectivity index (χ2v) is 6.40. The molecule has 2 aromatic heterocycles. The summed E-state index contributed by atoms with van der Waals surface area (Å²) in [5.74, 6) is -1.19. The van der Waals surface area contributed by atoms with Crippen molar-refractivity contribution in [3.8, 4) is 11.3 Å². The van der Waals surface area contributed by atoms with Crippen LogP contribution in [0.1, 0.15) is 34.9 Å². The molecule has 1 N–H and O–H groups in total. The van der Waals surface area contributed by atoms with Gasteiger partial charge in [0, 0.05) is 23.2 Å². The van der Waals surface area contributed by atoms with Crippen molar-refractivity contribution in [2.45, 2.75) is 18.8 Å². The van der Waals surface area contributed by atoms with Crippen LogP contribution in [0.25, 0.3) is 16.9 Å². The Kier molecular flexibility index (Phi) is 3.19. The van der Waals surface area contributed by atoms with Crippen LogP contribution in [0.2, 0.25) is 0 Å². The highest BCUT2D eigenvalue weighted by Crippen LogP contribution is 2.40. The summed E-state index contributed by atoms with van der Waals surface area (Å²) in [6.07, 6.45) is 2.00. The van der Waals surface area contributed by atoms with Gasteiger partial charge in [-0.2, -0.15) is 5.10 Å². The lowest BCUT2D eigenvalue weighted by atomic mass is 10.1. The van der Waals surface area contributed by atoms with Crippen molar-refractivity contribution in [3.05, 3.63) is 52.0 Å². The standard InChI is InChI=1S/C16H11BrFN3O2/c17-10-3-1-2-9(15(10)18)11-7-14-19-12(16(22)23)6-13(8-4-5-8)21(14)20-11/h1-3,6-8H,4-5H2,(H,22,23). The van der Waals surface area contributed by atoms with Gasteiger partial charge >= 0.3 is 5.97 Å². The van der Waals surface area contributed by atoms with Crippen LogP contribution >= 0.6 is 15.9 Å². The molecule has 0 aliphatic heterocycles. The third kappa shape index (κ3) is 2.41. The number of benzene rings is 1. The number of rotatable bonds is 3. The Labute approximate surface area is 138 Å². The fraction of sp³-hybridized carbons (Fsp3) is 0.188. The Bertz CT molecular complexity index is 950. The molecule has 0 amide bonds. The molecule has 0 radical (unpaired) electrons. The van der Waals surface area contributed by atoms with E-state index in [4.69, 9.17) is 0 Å². The second-order valence-electron chi connectivity index (χ2n) is 5.55. The molecule has 2 heterocycles. The molecule has 1 saturated carbocycles. The van der Waals surface area contributed by atoms with E-state index >= 15 is 0 Å². The van der Waals surface area contributed by atoms with Crippen LogP contribution in [-0.4, -0.2) is 25.7 Å². The Morgan fingerprint density at radius 2 is 2.13 bits per heavy atom. The minimum atomic E-state index is -1.08. The van der Waals surface area contributed by atoms with E-state index < -0.39 is 11.8 Å². The van der Waals surface area contributed by atoms with E-state index in [-0.39, 0.29) is 5.69 Å². The summed E-state index contributed by atoms with van der Waals surface area (Å²) in [4.78, 5) is 15.4. The van der Waals surface area contributed by atoms with E-state index in [1.807, 2.05) is 0 Å². The summed E-state index contributed by atoms with van der Waals surface area (Å²) < 4.78 is 16.3. The Morgan fingerprint density at radius 3 is 2.83 bits per heavy atom. The van der Waals surface area contributed by atoms with E-state index in [0.717, 1.165) is 18.5 Å². The zero-order valence-corrected chi connectivity index (χ0v) is 13.4. The van der Waals surface area contributed by atoms with Crippen molar-refractivity contribution in [1.82, 2.24) is 14.6 Å². The topological polar surface area (TPSA) is 67.5 Å². The average molecular weight is 376 g/mol. The largest absolute Gasteiger partial charge is 0.477 e. The molecule has 1 aliphatic rings. The van der Waals surface area contributed by atoms with E-state index in [2.05, 4.69) is 26.0 Å². The number of aromatic nitrogens is 3. The van der Waals surface area contributed by atoms with Crippen molar-refractivity contribution in [3.63, 3.8) is 0 Å². The van der Waals surface area contributed by atoms with Gasteiger partial charge in [0.1, 0.15) is 5.82 Å². The second kappa shape index (κ2) is 5.13. The predicted molar refractivity (Wildman–Crippen MR) is 85.0 cm³/mol. The molecule has 116 valence electrons. The number of halogens is 2. The van der Waals surface area contributed by atoms with Gasteiger partial charge in [0.15, 0.2) is 11.3 Å². The summed E-state index contributed by atoms with van der Waals surface area (Å²) in [6.45, 7) is 0. The molecule has 4 rings (SSSR count). The lowest BCUT2D eigenvalue weighted by molar-refractivity contribution is 0.0690. The van der Waals surface area contributed by atoms with Crippen molar-refractivity contribution in [2.24, 2.45) is 0 Å². The molecule has 0 saturated heterocycles. The van der Waals surface area contributed by atoms with Gasteiger partial charge in [0.05, 0.1) is 10.2 Å². The van der Waals surface area contributed by atoms with Crippen LogP contribution in [0.15, 0.2) is 34.8 Å². The van der Waals surface area contributed by atoms with Crippen molar-refractivity contribution < 1.29 is 14.3 Å². The third-order valence-electron chi connectivity index (χ3n) is 3.90. The first kappa shape index (κ1) is 14.3.